The fourth-order valence-corrected chi connectivity index (χ4v) is 2.88. The summed E-state index contributed by atoms with van der Waals surface area (Å²) in [5.74, 6) is 0.738. The summed E-state index contributed by atoms with van der Waals surface area (Å²) >= 11 is 3.42. The van der Waals surface area contributed by atoms with Crippen molar-refractivity contribution in [2.24, 2.45) is 0 Å². The molecule has 1 aromatic heterocycles. The van der Waals surface area contributed by atoms with E-state index < -0.39 is 5.56 Å². The van der Waals surface area contributed by atoms with E-state index in [2.05, 4.69) is 20.9 Å². The second kappa shape index (κ2) is 6.73. The molecule has 0 bridgehead atoms. The van der Waals surface area contributed by atoms with E-state index in [-0.39, 0.29) is 5.56 Å². The van der Waals surface area contributed by atoms with Crippen LogP contribution in [0, 0.1) is 11.3 Å². The SMILES string of the molecule is COc1ccc(-c2cc(-c3cccc(Br)c3)c(C#N)c(=O)[nH]2)cc1. The fraction of sp³-hybridized carbons (Fsp3) is 0.0526. The van der Waals surface area contributed by atoms with Gasteiger partial charge < -0.3 is 9.72 Å². The zero-order chi connectivity index (χ0) is 17.1. The van der Waals surface area contributed by atoms with Gasteiger partial charge >= 0.3 is 0 Å². The van der Waals surface area contributed by atoms with Crippen LogP contribution in [0.15, 0.2) is 63.9 Å². The molecular weight excluding hydrogens is 368 g/mol. The number of pyridine rings is 1. The molecule has 0 amide bonds. The zero-order valence-corrected chi connectivity index (χ0v) is 14.4. The molecule has 3 rings (SSSR count). The number of halogens is 1. The first kappa shape index (κ1) is 16.0. The molecule has 3 aromatic rings. The van der Waals surface area contributed by atoms with Crippen LogP contribution in [0.4, 0.5) is 0 Å². The molecule has 24 heavy (non-hydrogen) atoms. The van der Waals surface area contributed by atoms with Crippen LogP contribution in [-0.2, 0) is 0 Å². The Balaban J connectivity index is 2.20. The molecule has 4 nitrogen and oxygen atoms in total. The van der Waals surface area contributed by atoms with Gasteiger partial charge in [0.25, 0.3) is 5.56 Å². The first-order valence-electron chi connectivity index (χ1n) is 7.20. The highest BCUT2D eigenvalue weighted by atomic mass is 79.9. The zero-order valence-electron chi connectivity index (χ0n) is 12.8. The van der Waals surface area contributed by atoms with Crippen LogP contribution in [0.2, 0.25) is 0 Å². The molecule has 0 aliphatic heterocycles. The van der Waals surface area contributed by atoms with Crippen LogP contribution in [0.1, 0.15) is 5.56 Å². The molecule has 1 heterocycles. The lowest BCUT2D eigenvalue weighted by atomic mass is 9.99. The summed E-state index contributed by atoms with van der Waals surface area (Å²) in [5.41, 5.74) is 2.60. The quantitative estimate of drug-likeness (QED) is 0.734. The van der Waals surface area contributed by atoms with E-state index in [1.165, 1.54) is 0 Å². The minimum absolute atomic E-state index is 0.102. The topological polar surface area (TPSA) is 65.9 Å². The normalized spacial score (nSPS) is 10.2. The van der Waals surface area contributed by atoms with Gasteiger partial charge in [0.05, 0.1) is 7.11 Å². The standard InChI is InChI=1S/C19H13BrN2O2/c1-24-15-7-5-12(6-8-15)18-10-16(17(11-21)19(23)22-18)13-3-2-4-14(20)9-13/h2-10H,1H3,(H,22,23). The molecule has 0 saturated carbocycles. The number of nitriles is 1. The monoisotopic (exact) mass is 380 g/mol. The fourth-order valence-electron chi connectivity index (χ4n) is 2.48. The summed E-state index contributed by atoms with van der Waals surface area (Å²) in [5, 5.41) is 9.36. The minimum atomic E-state index is -0.402. The highest BCUT2D eigenvalue weighted by Crippen LogP contribution is 2.28. The minimum Gasteiger partial charge on any atom is -0.497 e. The summed E-state index contributed by atoms with van der Waals surface area (Å²) in [4.78, 5) is 15.1. The van der Waals surface area contributed by atoms with Crippen LogP contribution < -0.4 is 10.3 Å². The van der Waals surface area contributed by atoms with Gasteiger partial charge in [-0.1, -0.05) is 28.1 Å². The average molecular weight is 381 g/mol. The molecule has 0 fully saturated rings. The smallest absolute Gasteiger partial charge is 0.266 e. The number of aromatic amines is 1. The Bertz CT molecular complexity index is 985. The van der Waals surface area contributed by atoms with Crippen molar-refractivity contribution in [3.63, 3.8) is 0 Å². The number of hydrogen-bond acceptors (Lipinski definition) is 3. The van der Waals surface area contributed by atoms with Crippen LogP contribution in [-0.4, -0.2) is 12.1 Å². The van der Waals surface area contributed by atoms with Gasteiger partial charge in [-0.05, 0) is 53.6 Å². The number of aromatic nitrogens is 1. The molecular formula is C19H13BrN2O2. The first-order chi connectivity index (χ1) is 11.6. The van der Waals surface area contributed by atoms with Crippen molar-refractivity contribution >= 4 is 15.9 Å². The Morgan fingerprint density at radius 2 is 1.83 bits per heavy atom. The Hall–Kier alpha value is -2.84. The number of rotatable bonds is 3. The van der Waals surface area contributed by atoms with Crippen LogP contribution in [0.5, 0.6) is 5.75 Å². The van der Waals surface area contributed by atoms with Crippen LogP contribution in [0.25, 0.3) is 22.4 Å². The third-order valence-electron chi connectivity index (χ3n) is 3.68. The van der Waals surface area contributed by atoms with Crippen molar-refractivity contribution in [3.05, 3.63) is 75.0 Å². The van der Waals surface area contributed by atoms with Crippen molar-refractivity contribution < 1.29 is 4.74 Å². The lowest BCUT2D eigenvalue weighted by Gasteiger charge is -2.09. The van der Waals surface area contributed by atoms with Gasteiger partial charge in [-0.3, -0.25) is 4.79 Å². The van der Waals surface area contributed by atoms with E-state index >= 15 is 0 Å². The summed E-state index contributed by atoms with van der Waals surface area (Å²) in [7, 11) is 1.60. The highest BCUT2D eigenvalue weighted by molar-refractivity contribution is 9.10. The molecule has 118 valence electrons. The van der Waals surface area contributed by atoms with Gasteiger partial charge in [-0.25, -0.2) is 0 Å². The summed E-state index contributed by atoms with van der Waals surface area (Å²) < 4.78 is 6.04. The molecule has 0 spiro atoms. The molecule has 0 saturated heterocycles. The Labute approximate surface area is 147 Å². The van der Waals surface area contributed by atoms with Crippen LogP contribution >= 0.6 is 15.9 Å². The number of nitrogens with zero attached hydrogens (tertiary/aromatic N) is 1. The number of hydrogen-bond donors (Lipinski definition) is 1. The Morgan fingerprint density at radius 3 is 2.46 bits per heavy atom. The Kier molecular flexibility index (Phi) is 4.50. The molecule has 0 unspecified atom stereocenters. The predicted octanol–water partition coefficient (Wildman–Crippen LogP) is 4.35. The Morgan fingerprint density at radius 1 is 1.08 bits per heavy atom. The summed E-state index contributed by atoms with van der Waals surface area (Å²) in [6, 6.07) is 18.7. The first-order valence-corrected chi connectivity index (χ1v) is 7.99. The molecule has 5 heteroatoms. The summed E-state index contributed by atoms with van der Waals surface area (Å²) in [6.07, 6.45) is 0. The maximum absolute atomic E-state index is 12.3. The van der Waals surface area contributed by atoms with Gasteiger partial charge in [-0.15, -0.1) is 0 Å². The largest absolute Gasteiger partial charge is 0.497 e. The predicted molar refractivity (Wildman–Crippen MR) is 96.9 cm³/mol. The molecule has 1 N–H and O–H groups in total. The van der Waals surface area contributed by atoms with Crippen LogP contribution in [0.3, 0.4) is 0 Å². The second-order valence-electron chi connectivity index (χ2n) is 5.15. The van der Waals surface area contributed by atoms with Crippen molar-refractivity contribution in [2.75, 3.05) is 7.11 Å². The average Bonchev–Trinajstić information content (AvgIpc) is 2.61. The highest BCUT2D eigenvalue weighted by Gasteiger charge is 2.12. The third kappa shape index (κ3) is 3.10. The van der Waals surface area contributed by atoms with Gasteiger partial charge in [0.15, 0.2) is 0 Å². The summed E-state index contributed by atoms with van der Waals surface area (Å²) in [6.45, 7) is 0. The second-order valence-corrected chi connectivity index (χ2v) is 6.07. The van der Waals surface area contributed by atoms with E-state index in [0.717, 1.165) is 21.3 Å². The van der Waals surface area contributed by atoms with E-state index in [4.69, 9.17) is 4.74 Å². The molecule has 0 aliphatic carbocycles. The number of methoxy groups -OCH3 is 1. The van der Waals surface area contributed by atoms with E-state index in [1.807, 2.05) is 60.7 Å². The van der Waals surface area contributed by atoms with Gasteiger partial charge in [0.1, 0.15) is 17.4 Å². The molecule has 0 atom stereocenters. The van der Waals surface area contributed by atoms with E-state index in [0.29, 0.717) is 11.3 Å². The molecule has 2 aromatic carbocycles. The van der Waals surface area contributed by atoms with Crippen molar-refractivity contribution in [3.8, 4) is 34.2 Å². The van der Waals surface area contributed by atoms with E-state index in [9.17, 15) is 10.1 Å². The third-order valence-corrected chi connectivity index (χ3v) is 4.17. The van der Waals surface area contributed by atoms with Crippen molar-refractivity contribution in [1.82, 2.24) is 4.98 Å². The van der Waals surface area contributed by atoms with Crippen molar-refractivity contribution in [2.45, 2.75) is 0 Å². The number of benzene rings is 2. The van der Waals surface area contributed by atoms with Gasteiger partial charge in [0.2, 0.25) is 0 Å². The number of H-pyrrole nitrogens is 1. The maximum atomic E-state index is 12.3. The molecule has 0 aliphatic rings. The molecule has 0 radical (unpaired) electrons. The number of ether oxygens (including phenoxy) is 1. The van der Waals surface area contributed by atoms with Crippen molar-refractivity contribution in [1.29, 1.82) is 5.26 Å². The maximum Gasteiger partial charge on any atom is 0.266 e. The lowest BCUT2D eigenvalue weighted by molar-refractivity contribution is 0.415. The van der Waals surface area contributed by atoms with Gasteiger partial charge in [-0.2, -0.15) is 5.26 Å². The van der Waals surface area contributed by atoms with E-state index in [1.54, 1.807) is 7.11 Å². The van der Waals surface area contributed by atoms with Gasteiger partial charge in [0, 0.05) is 15.7 Å². The number of nitrogens with one attached hydrogen (secondary N) is 1. The lowest BCUT2D eigenvalue weighted by Crippen LogP contribution is -2.12.